The second kappa shape index (κ2) is 7.05. The zero-order valence-electron chi connectivity index (χ0n) is 13.5. The van der Waals surface area contributed by atoms with Crippen LogP contribution in [-0.4, -0.2) is 19.2 Å². The minimum atomic E-state index is -0.195. The first-order valence-electron chi connectivity index (χ1n) is 7.87. The monoisotopic (exact) mass is 321 g/mol. The average molecular weight is 321 g/mol. The molecule has 2 atom stereocenters. The number of para-hydroxylation sites is 1. The maximum absolute atomic E-state index is 12.0. The van der Waals surface area contributed by atoms with Gasteiger partial charge in [0.1, 0.15) is 5.75 Å². The molecule has 5 nitrogen and oxygen atoms in total. The molecule has 0 aromatic heterocycles. The van der Waals surface area contributed by atoms with E-state index in [0.29, 0.717) is 18.0 Å². The molecule has 1 aliphatic rings. The fraction of sp³-hybridized carbons (Fsp3) is 0.263. The topological polar surface area (TPSA) is 74.2 Å². The van der Waals surface area contributed by atoms with Crippen LogP contribution in [0.5, 0.6) is 5.75 Å². The number of urea groups is 1. The molecule has 24 heavy (non-hydrogen) atoms. The van der Waals surface area contributed by atoms with Gasteiger partial charge < -0.3 is 15.4 Å². The van der Waals surface area contributed by atoms with Crippen molar-refractivity contribution in [3.63, 3.8) is 0 Å². The van der Waals surface area contributed by atoms with Gasteiger partial charge in [0.2, 0.25) is 0 Å². The number of hydrogen-bond acceptors (Lipinski definition) is 3. The maximum Gasteiger partial charge on any atom is 0.315 e. The average Bonchev–Trinajstić information content (AvgIpc) is 3.39. The SMILES string of the molecule is COc1ccccc1[C@H]1C[C@@H]1NC(=O)NCc1cccc(C#N)c1. The maximum atomic E-state index is 12.0. The highest BCUT2D eigenvalue weighted by Gasteiger charge is 2.41. The summed E-state index contributed by atoms with van der Waals surface area (Å²) >= 11 is 0. The van der Waals surface area contributed by atoms with Crippen LogP contribution < -0.4 is 15.4 Å². The lowest BCUT2D eigenvalue weighted by molar-refractivity contribution is 0.240. The highest BCUT2D eigenvalue weighted by molar-refractivity contribution is 5.75. The Morgan fingerprint density at radius 1 is 1.29 bits per heavy atom. The molecule has 0 radical (unpaired) electrons. The quantitative estimate of drug-likeness (QED) is 0.889. The molecule has 2 aromatic rings. The highest BCUT2D eigenvalue weighted by Crippen LogP contribution is 2.44. The second-order valence-electron chi connectivity index (χ2n) is 5.83. The number of methoxy groups -OCH3 is 1. The van der Waals surface area contributed by atoms with Crippen LogP contribution in [0.3, 0.4) is 0 Å². The standard InChI is InChI=1S/C19H19N3O2/c1-24-18-8-3-2-7-15(18)16-10-17(16)22-19(23)21-12-14-6-4-5-13(9-14)11-20/h2-9,16-17H,10,12H2,1H3,(H2,21,22,23)/t16-,17+/m1/s1. The molecule has 0 bridgehead atoms. The van der Waals surface area contributed by atoms with Crippen LogP contribution in [0.1, 0.15) is 29.0 Å². The van der Waals surface area contributed by atoms with Gasteiger partial charge in [-0.2, -0.15) is 5.26 Å². The predicted octanol–water partition coefficient (Wildman–Crippen LogP) is 2.92. The molecular weight excluding hydrogens is 302 g/mol. The molecular formula is C19H19N3O2. The van der Waals surface area contributed by atoms with E-state index in [0.717, 1.165) is 23.3 Å². The molecule has 122 valence electrons. The molecule has 1 fully saturated rings. The molecule has 0 heterocycles. The summed E-state index contributed by atoms with van der Waals surface area (Å²) in [5.74, 6) is 1.16. The molecule has 2 amide bonds. The van der Waals surface area contributed by atoms with Crippen molar-refractivity contribution in [1.29, 1.82) is 5.26 Å². The Balaban J connectivity index is 1.51. The number of ether oxygens (including phenoxy) is 1. The molecule has 0 spiro atoms. The van der Waals surface area contributed by atoms with E-state index in [2.05, 4.69) is 16.7 Å². The number of nitrogens with one attached hydrogen (secondary N) is 2. The third-order valence-corrected chi connectivity index (χ3v) is 4.15. The van der Waals surface area contributed by atoms with Crippen molar-refractivity contribution in [1.82, 2.24) is 10.6 Å². The van der Waals surface area contributed by atoms with Crippen LogP contribution in [0.4, 0.5) is 4.79 Å². The first-order chi connectivity index (χ1) is 11.7. The second-order valence-corrected chi connectivity index (χ2v) is 5.83. The minimum Gasteiger partial charge on any atom is -0.496 e. The van der Waals surface area contributed by atoms with Crippen molar-refractivity contribution in [2.24, 2.45) is 0 Å². The summed E-state index contributed by atoms with van der Waals surface area (Å²) in [6.07, 6.45) is 0.914. The summed E-state index contributed by atoms with van der Waals surface area (Å²) in [6.45, 7) is 0.396. The van der Waals surface area contributed by atoms with Crippen molar-refractivity contribution in [2.75, 3.05) is 7.11 Å². The van der Waals surface area contributed by atoms with E-state index < -0.39 is 0 Å². The smallest absolute Gasteiger partial charge is 0.315 e. The Hall–Kier alpha value is -3.00. The van der Waals surface area contributed by atoms with E-state index in [1.54, 1.807) is 19.2 Å². The van der Waals surface area contributed by atoms with Crippen LogP contribution in [0.2, 0.25) is 0 Å². The van der Waals surface area contributed by atoms with Gasteiger partial charge in [0.05, 0.1) is 18.7 Å². The fourth-order valence-corrected chi connectivity index (χ4v) is 2.82. The van der Waals surface area contributed by atoms with Gasteiger partial charge in [0.25, 0.3) is 0 Å². The number of nitrogens with zero attached hydrogens (tertiary/aromatic N) is 1. The van der Waals surface area contributed by atoms with E-state index in [-0.39, 0.29) is 12.1 Å². The zero-order valence-corrected chi connectivity index (χ0v) is 13.5. The Kier molecular flexibility index (Phi) is 4.66. The highest BCUT2D eigenvalue weighted by atomic mass is 16.5. The van der Waals surface area contributed by atoms with Gasteiger partial charge in [-0.25, -0.2) is 4.79 Å². The lowest BCUT2D eigenvalue weighted by atomic mass is 10.1. The summed E-state index contributed by atoms with van der Waals surface area (Å²) in [4.78, 5) is 12.0. The summed E-state index contributed by atoms with van der Waals surface area (Å²) < 4.78 is 5.37. The van der Waals surface area contributed by atoms with Crippen molar-refractivity contribution in [2.45, 2.75) is 24.9 Å². The molecule has 1 aliphatic carbocycles. The van der Waals surface area contributed by atoms with Crippen LogP contribution in [-0.2, 0) is 6.54 Å². The number of nitriles is 1. The van der Waals surface area contributed by atoms with E-state index in [1.807, 2.05) is 36.4 Å². The van der Waals surface area contributed by atoms with Gasteiger partial charge >= 0.3 is 6.03 Å². The Morgan fingerprint density at radius 3 is 2.92 bits per heavy atom. The molecule has 0 unspecified atom stereocenters. The number of rotatable bonds is 5. The first-order valence-corrected chi connectivity index (χ1v) is 7.87. The summed E-state index contributed by atoms with van der Waals surface area (Å²) in [7, 11) is 1.66. The van der Waals surface area contributed by atoms with Crippen LogP contribution in [0.25, 0.3) is 0 Å². The van der Waals surface area contributed by atoms with Crippen LogP contribution in [0, 0.1) is 11.3 Å². The molecule has 2 N–H and O–H groups in total. The summed E-state index contributed by atoms with van der Waals surface area (Å²) in [6, 6.07) is 17.1. The number of hydrogen-bond donors (Lipinski definition) is 2. The number of benzene rings is 2. The molecule has 1 saturated carbocycles. The third kappa shape index (κ3) is 3.66. The molecule has 0 saturated heterocycles. The normalized spacial score (nSPS) is 18.3. The van der Waals surface area contributed by atoms with E-state index in [9.17, 15) is 4.79 Å². The van der Waals surface area contributed by atoms with Gasteiger partial charge in [-0.15, -0.1) is 0 Å². The lowest BCUT2D eigenvalue weighted by Crippen LogP contribution is -2.36. The summed E-state index contributed by atoms with van der Waals surface area (Å²) in [5, 5.41) is 14.7. The first kappa shape index (κ1) is 15.9. The Morgan fingerprint density at radius 2 is 2.12 bits per heavy atom. The number of amides is 2. The molecule has 5 heteroatoms. The summed E-state index contributed by atoms with van der Waals surface area (Å²) in [5.41, 5.74) is 2.63. The molecule has 3 rings (SSSR count). The molecule has 0 aliphatic heterocycles. The Bertz CT molecular complexity index is 782. The van der Waals surface area contributed by atoms with Crippen molar-refractivity contribution in [3.05, 3.63) is 65.2 Å². The van der Waals surface area contributed by atoms with E-state index >= 15 is 0 Å². The lowest BCUT2D eigenvalue weighted by Gasteiger charge is -2.10. The third-order valence-electron chi connectivity index (χ3n) is 4.15. The van der Waals surface area contributed by atoms with Gasteiger partial charge in [-0.3, -0.25) is 0 Å². The molecule has 2 aromatic carbocycles. The van der Waals surface area contributed by atoms with Gasteiger partial charge in [-0.1, -0.05) is 30.3 Å². The number of carbonyl (C=O) groups excluding carboxylic acids is 1. The van der Waals surface area contributed by atoms with Crippen LogP contribution >= 0.6 is 0 Å². The van der Waals surface area contributed by atoms with Crippen molar-refractivity contribution >= 4 is 6.03 Å². The van der Waals surface area contributed by atoms with Gasteiger partial charge in [-0.05, 0) is 35.7 Å². The largest absolute Gasteiger partial charge is 0.496 e. The van der Waals surface area contributed by atoms with Crippen LogP contribution in [0.15, 0.2) is 48.5 Å². The minimum absolute atomic E-state index is 0.131. The van der Waals surface area contributed by atoms with E-state index in [1.165, 1.54) is 0 Å². The van der Waals surface area contributed by atoms with Gasteiger partial charge in [0, 0.05) is 18.5 Å². The predicted molar refractivity (Wildman–Crippen MR) is 90.7 cm³/mol. The fourth-order valence-electron chi connectivity index (χ4n) is 2.82. The van der Waals surface area contributed by atoms with Crippen molar-refractivity contribution in [3.8, 4) is 11.8 Å². The van der Waals surface area contributed by atoms with Crippen molar-refractivity contribution < 1.29 is 9.53 Å². The zero-order chi connectivity index (χ0) is 16.9. The Labute approximate surface area is 141 Å². The van der Waals surface area contributed by atoms with E-state index in [4.69, 9.17) is 10.00 Å². The number of carbonyl (C=O) groups is 1. The van der Waals surface area contributed by atoms with Gasteiger partial charge in [0.15, 0.2) is 0 Å².